The number of aromatic nitrogens is 2. The van der Waals surface area contributed by atoms with Crippen LogP contribution in [0.4, 0.5) is 5.82 Å². The van der Waals surface area contributed by atoms with Crippen LogP contribution in [0.25, 0.3) is 0 Å². The molecule has 24 heavy (non-hydrogen) atoms. The zero-order chi connectivity index (χ0) is 17.0. The van der Waals surface area contributed by atoms with E-state index in [0.29, 0.717) is 18.3 Å². The van der Waals surface area contributed by atoms with Crippen LogP contribution in [0.2, 0.25) is 0 Å². The van der Waals surface area contributed by atoms with Crippen molar-refractivity contribution in [3.05, 3.63) is 17.8 Å². The Balaban J connectivity index is 1.54. The fourth-order valence-corrected chi connectivity index (χ4v) is 5.00. The molecule has 1 saturated heterocycles. The molecule has 0 bridgehead atoms. The van der Waals surface area contributed by atoms with Crippen LogP contribution in [0.15, 0.2) is 12.1 Å². The maximum atomic E-state index is 12.1. The Labute approximate surface area is 142 Å². The van der Waals surface area contributed by atoms with Crippen molar-refractivity contribution in [1.29, 1.82) is 0 Å². The molecule has 1 atom stereocenters. The van der Waals surface area contributed by atoms with E-state index in [1.54, 1.807) is 12.1 Å². The predicted octanol–water partition coefficient (Wildman–Crippen LogP) is 1.53. The zero-order valence-corrected chi connectivity index (χ0v) is 14.5. The van der Waals surface area contributed by atoms with Gasteiger partial charge in [-0.05, 0) is 31.4 Å². The van der Waals surface area contributed by atoms with Gasteiger partial charge in [-0.25, -0.2) is 8.42 Å². The van der Waals surface area contributed by atoms with E-state index in [9.17, 15) is 13.2 Å². The molecule has 0 spiro atoms. The molecule has 2 fully saturated rings. The molecular formula is C16H24N4O3S. The molecule has 1 unspecified atom stereocenters. The van der Waals surface area contributed by atoms with Gasteiger partial charge in [0.2, 0.25) is 0 Å². The fraction of sp³-hybridized carbons (Fsp3) is 0.688. The van der Waals surface area contributed by atoms with Gasteiger partial charge in [-0.15, -0.1) is 10.2 Å². The zero-order valence-electron chi connectivity index (χ0n) is 13.7. The second kappa shape index (κ2) is 7.46. The molecule has 1 amide bonds. The van der Waals surface area contributed by atoms with Crippen molar-refractivity contribution in [2.75, 3.05) is 16.8 Å². The van der Waals surface area contributed by atoms with E-state index in [2.05, 4.69) is 20.8 Å². The van der Waals surface area contributed by atoms with Gasteiger partial charge < -0.3 is 10.6 Å². The monoisotopic (exact) mass is 352 g/mol. The summed E-state index contributed by atoms with van der Waals surface area (Å²) in [4.78, 5) is 12.1. The molecule has 1 aliphatic carbocycles. The van der Waals surface area contributed by atoms with E-state index in [0.717, 1.165) is 12.8 Å². The van der Waals surface area contributed by atoms with E-state index in [-0.39, 0.29) is 29.1 Å². The van der Waals surface area contributed by atoms with Crippen molar-refractivity contribution in [1.82, 2.24) is 15.5 Å². The van der Waals surface area contributed by atoms with E-state index in [1.165, 1.54) is 25.7 Å². The van der Waals surface area contributed by atoms with Crippen LogP contribution < -0.4 is 10.6 Å². The average molecular weight is 352 g/mol. The smallest absolute Gasteiger partial charge is 0.272 e. The second-order valence-corrected chi connectivity index (χ2v) is 8.94. The van der Waals surface area contributed by atoms with Crippen LogP contribution in [0.1, 0.15) is 55.4 Å². The molecule has 2 N–H and O–H groups in total. The number of rotatable bonds is 4. The van der Waals surface area contributed by atoms with Crippen molar-refractivity contribution in [3.63, 3.8) is 0 Å². The van der Waals surface area contributed by atoms with E-state index < -0.39 is 9.84 Å². The lowest BCUT2D eigenvalue weighted by atomic mass is 10.1. The highest BCUT2D eigenvalue weighted by Gasteiger charge is 2.29. The molecule has 2 aliphatic rings. The highest BCUT2D eigenvalue weighted by Crippen LogP contribution is 2.20. The molecule has 3 rings (SSSR count). The fourth-order valence-electron chi connectivity index (χ4n) is 3.33. The summed E-state index contributed by atoms with van der Waals surface area (Å²) in [5.74, 6) is 0.453. The number of nitrogens with zero attached hydrogens (tertiary/aromatic N) is 2. The number of nitrogens with one attached hydrogen (secondary N) is 2. The Morgan fingerprint density at radius 3 is 2.33 bits per heavy atom. The Bertz CT molecular complexity index is 667. The number of sulfone groups is 1. The summed E-state index contributed by atoms with van der Waals surface area (Å²) in [5.41, 5.74) is 0.214. The maximum Gasteiger partial charge on any atom is 0.272 e. The maximum absolute atomic E-state index is 12.1. The van der Waals surface area contributed by atoms with Crippen molar-refractivity contribution in [2.45, 2.75) is 57.0 Å². The minimum absolute atomic E-state index is 0.00743. The number of carbonyl (C=O) groups excluding carboxylic acids is 1. The third-order valence-corrected chi connectivity index (χ3v) is 6.44. The van der Waals surface area contributed by atoms with Crippen LogP contribution in [-0.4, -0.2) is 48.1 Å². The molecule has 1 aliphatic heterocycles. The van der Waals surface area contributed by atoms with Crippen molar-refractivity contribution in [2.24, 2.45) is 0 Å². The number of carbonyl (C=O) groups is 1. The number of hydrogen-bond donors (Lipinski definition) is 2. The van der Waals surface area contributed by atoms with Gasteiger partial charge in [0, 0.05) is 12.1 Å². The summed E-state index contributed by atoms with van der Waals surface area (Å²) in [7, 11) is -3.01. The quantitative estimate of drug-likeness (QED) is 0.797. The third-order valence-electron chi connectivity index (χ3n) is 4.67. The molecule has 2 heterocycles. The minimum atomic E-state index is -3.01. The van der Waals surface area contributed by atoms with E-state index in [4.69, 9.17) is 0 Å². The van der Waals surface area contributed by atoms with Gasteiger partial charge in [0.05, 0.1) is 11.5 Å². The number of hydrogen-bond acceptors (Lipinski definition) is 6. The van der Waals surface area contributed by atoms with Crippen LogP contribution in [0.3, 0.4) is 0 Å². The summed E-state index contributed by atoms with van der Waals surface area (Å²) in [6.45, 7) is 0. The molecule has 7 nitrogen and oxygen atoms in total. The molecular weight excluding hydrogens is 328 g/mol. The first-order chi connectivity index (χ1) is 11.5. The van der Waals surface area contributed by atoms with Gasteiger partial charge in [0.1, 0.15) is 5.82 Å². The summed E-state index contributed by atoms with van der Waals surface area (Å²) in [6, 6.07) is 3.49. The number of amides is 1. The van der Waals surface area contributed by atoms with Crippen molar-refractivity contribution >= 4 is 21.6 Å². The van der Waals surface area contributed by atoms with Gasteiger partial charge >= 0.3 is 0 Å². The first kappa shape index (κ1) is 17.1. The summed E-state index contributed by atoms with van der Waals surface area (Å²) >= 11 is 0. The van der Waals surface area contributed by atoms with Gasteiger partial charge in [-0.2, -0.15) is 0 Å². The molecule has 1 aromatic heterocycles. The van der Waals surface area contributed by atoms with Crippen LogP contribution in [-0.2, 0) is 9.84 Å². The highest BCUT2D eigenvalue weighted by atomic mass is 32.2. The Kier molecular flexibility index (Phi) is 5.33. The normalized spacial score (nSPS) is 24.2. The number of anilines is 1. The molecule has 132 valence electrons. The van der Waals surface area contributed by atoms with Gasteiger partial charge in [0.15, 0.2) is 15.5 Å². The average Bonchev–Trinajstić information content (AvgIpc) is 2.75. The van der Waals surface area contributed by atoms with E-state index >= 15 is 0 Å². The van der Waals surface area contributed by atoms with Crippen molar-refractivity contribution in [3.8, 4) is 0 Å². The van der Waals surface area contributed by atoms with Crippen LogP contribution in [0, 0.1) is 0 Å². The molecule has 8 heteroatoms. The lowest BCUT2D eigenvalue weighted by Crippen LogP contribution is -2.36. The Morgan fingerprint density at radius 1 is 1.00 bits per heavy atom. The topological polar surface area (TPSA) is 101 Å². The minimum Gasteiger partial charge on any atom is -0.366 e. The summed E-state index contributed by atoms with van der Waals surface area (Å²) in [5, 5.41) is 14.2. The van der Waals surface area contributed by atoms with Crippen LogP contribution >= 0.6 is 0 Å². The molecule has 0 aromatic carbocycles. The Hall–Kier alpha value is -1.70. The van der Waals surface area contributed by atoms with Crippen LogP contribution in [0.5, 0.6) is 0 Å². The SMILES string of the molecule is O=C(NC1CCS(=O)(=O)C1)c1ccc(NC2CCCCCC2)nn1. The predicted molar refractivity (Wildman–Crippen MR) is 91.7 cm³/mol. The first-order valence-electron chi connectivity index (χ1n) is 8.63. The Morgan fingerprint density at radius 2 is 1.75 bits per heavy atom. The summed E-state index contributed by atoms with van der Waals surface area (Å²) in [6.07, 6.45) is 7.79. The summed E-state index contributed by atoms with van der Waals surface area (Å²) < 4.78 is 22.9. The highest BCUT2D eigenvalue weighted by molar-refractivity contribution is 7.91. The third kappa shape index (κ3) is 4.66. The van der Waals surface area contributed by atoms with Gasteiger partial charge in [0.25, 0.3) is 5.91 Å². The van der Waals surface area contributed by atoms with E-state index in [1.807, 2.05) is 0 Å². The first-order valence-corrected chi connectivity index (χ1v) is 10.5. The molecule has 0 radical (unpaired) electrons. The molecule has 1 aromatic rings. The molecule has 1 saturated carbocycles. The lowest BCUT2D eigenvalue weighted by molar-refractivity contribution is 0.0935. The van der Waals surface area contributed by atoms with Gasteiger partial charge in [-0.3, -0.25) is 4.79 Å². The second-order valence-electron chi connectivity index (χ2n) is 6.71. The standard InChI is InChI=1S/C16H24N4O3S/c21-16(18-13-9-10-24(22,23)11-13)14-7-8-15(20-19-14)17-12-5-3-1-2-4-6-12/h7-8,12-13H,1-6,9-11H2,(H,17,20)(H,18,21). The van der Waals surface area contributed by atoms with Gasteiger partial charge in [-0.1, -0.05) is 25.7 Å². The lowest BCUT2D eigenvalue weighted by Gasteiger charge is -2.16. The van der Waals surface area contributed by atoms with Crippen molar-refractivity contribution < 1.29 is 13.2 Å². The largest absolute Gasteiger partial charge is 0.366 e.